The van der Waals surface area contributed by atoms with E-state index in [0.29, 0.717) is 0 Å². The maximum absolute atomic E-state index is 5.07. The summed E-state index contributed by atoms with van der Waals surface area (Å²) in [7, 11) is 2.15. The molecule has 0 unspecified atom stereocenters. The first-order chi connectivity index (χ1) is 15.8. The summed E-state index contributed by atoms with van der Waals surface area (Å²) in [6.07, 6.45) is 1.25. The van der Waals surface area contributed by atoms with Gasteiger partial charge in [0, 0.05) is 24.9 Å². The van der Waals surface area contributed by atoms with E-state index in [2.05, 4.69) is 125 Å². The van der Waals surface area contributed by atoms with Gasteiger partial charge in [0.15, 0.2) is 0 Å². The van der Waals surface area contributed by atoms with Gasteiger partial charge in [-0.15, -0.1) is 0 Å². The van der Waals surface area contributed by atoms with Crippen molar-refractivity contribution in [3.8, 4) is 0 Å². The first kappa shape index (κ1) is 24.3. The second-order valence-corrected chi connectivity index (χ2v) is 8.88. The van der Waals surface area contributed by atoms with Crippen LogP contribution in [0.5, 0.6) is 0 Å². The Bertz CT molecular complexity index is 1130. The van der Waals surface area contributed by atoms with Crippen molar-refractivity contribution < 1.29 is 0 Å². The molecule has 4 rings (SSSR count). The van der Waals surface area contributed by atoms with E-state index in [9.17, 15) is 0 Å². The first-order valence-electron chi connectivity index (χ1n) is 11.8. The largest absolute Gasteiger partial charge is 0.355 e. The van der Waals surface area contributed by atoms with Crippen LogP contribution in [0.25, 0.3) is 5.57 Å². The lowest BCUT2D eigenvalue weighted by molar-refractivity contribution is 0.816. The van der Waals surface area contributed by atoms with Gasteiger partial charge in [0.05, 0.1) is 23.7 Å². The normalized spacial score (nSPS) is 12.8. The van der Waals surface area contributed by atoms with E-state index in [-0.39, 0.29) is 0 Å². The molecule has 33 heavy (non-hydrogen) atoms. The second-order valence-electron chi connectivity index (χ2n) is 8.88. The summed E-state index contributed by atoms with van der Waals surface area (Å²) in [6.45, 7) is 16.5. The number of aliphatic imine (C=N–C) groups is 1. The molecule has 172 valence electrons. The smallest absolute Gasteiger partial charge is 0.0904 e. The van der Waals surface area contributed by atoms with Crippen molar-refractivity contribution in [1.29, 1.82) is 0 Å². The topological polar surface area (TPSA) is 18.8 Å². The Morgan fingerprint density at radius 3 is 2.18 bits per heavy atom. The molecule has 0 spiro atoms. The highest BCUT2D eigenvalue weighted by atomic mass is 15.4. The van der Waals surface area contributed by atoms with Gasteiger partial charge >= 0.3 is 0 Å². The van der Waals surface area contributed by atoms with Crippen molar-refractivity contribution in [3.05, 3.63) is 95.6 Å². The standard InChI is InChI=1S/C27H29N3.C3H8/c1-19(2)24-15-26-27(30(18-29(26)5)17-22-12-7-6-8-13-22)16-25(24)28-21(4)23-14-10-9-11-20(23)3;1-3-2/h6-16H,1,17-18H2,2-5H3;3H2,1-2H3. The average molecular weight is 440 g/mol. The number of rotatable bonds is 5. The zero-order valence-corrected chi connectivity index (χ0v) is 21.0. The predicted molar refractivity (Wildman–Crippen MR) is 146 cm³/mol. The average Bonchev–Trinajstić information content (AvgIpc) is 3.09. The number of nitrogens with zero attached hydrogens (tertiary/aromatic N) is 3. The maximum Gasteiger partial charge on any atom is 0.0904 e. The quantitative estimate of drug-likeness (QED) is 0.375. The van der Waals surface area contributed by atoms with Crippen LogP contribution in [0, 0.1) is 6.92 Å². The Hall–Kier alpha value is -3.33. The predicted octanol–water partition coefficient (Wildman–Crippen LogP) is 8.00. The fourth-order valence-electron chi connectivity index (χ4n) is 4.13. The molecule has 0 N–H and O–H groups in total. The zero-order chi connectivity index (χ0) is 24.0. The molecule has 0 radical (unpaired) electrons. The summed E-state index contributed by atoms with van der Waals surface area (Å²) in [5.41, 5.74) is 10.3. The molecular weight excluding hydrogens is 402 g/mol. The fourth-order valence-corrected chi connectivity index (χ4v) is 4.13. The maximum atomic E-state index is 5.07. The van der Waals surface area contributed by atoms with E-state index in [1.54, 1.807) is 0 Å². The van der Waals surface area contributed by atoms with Gasteiger partial charge < -0.3 is 9.80 Å². The molecule has 0 saturated heterocycles. The van der Waals surface area contributed by atoms with E-state index in [1.165, 1.54) is 34.5 Å². The van der Waals surface area contributed by atoms with Gasteiger partial charge in [-0.1, -0.05) is 81.4 Å². The molecule has 0 saturated carbocycles. The molecule has 1 aliphatic heterocycles. The number of allylic oxidation sites excluding steroid dienone is 1. The number of benzene rings is 3. The third-order valence-electron chi connectivity index (χ3n) is 5.73. The van der Waals surface area contributed by atoms with Crippen LogP contribution in [0.2, 0.25) is 0 Å². The molecule has 0 fully saturated rings. The molecule has 3 nitrogen and oxygen atoms in total. The first-order valence-corrected chi connectivity index (χ1v) is 11.8. The van der Waals surface area contributed by atoms with Gasteiger partial charge in [0.1, 0.15) is 0 Å². The summed E-state index contributed by atoms with van der Waals surface area (Å²) in [6, 6.07) is 23.5. The summed E-state index contributed by atoms with van der Waals surface area (Å²) >= 11 is 0. The van der Waals surface area contributed by atoms with Gasteiger partial charge in [-0.2, -0.15) is 0 Å². The van der Waals surface area contributed by atoms with Crippen LogP contribution in [0.15, 0.2) is 78.3 Å². The van der Waals surface area contributed by atoms with Crippen molar-refractivity contribution in [2.24, 2.45) is 4.99 Å². The Morgan fingerprint density at radius 2 is 1.55 bits per heavy atom. The fraction of sp³-hybridized carbons (Fsp3) is 0.300. The van der Waals surface area contributed by atoms with E-state index in [4.69, 9.17) is 4.99 Å². The summed E-state index contributed by atoms with van der Waals surface area (Å²) in [5.74, 6) is 0. The zero-order valence-electron chi connectivity index (χ0n) is 21.0. The summed E-state index contributed by atoms with van der Waals surface area (Å²) < 4.78 is 0. The van der Waals surface area contributed by atoms with E-state index >= 15 is 0 Å². The van der Waals surface area contributed by atoms with E-state index in [1.807, 2.05) is 0 Å². The molecule has 0 atom stereocenters. The van der Waals surface area contributed by atoms with Gasteiger partial charge in [-0.3, -0.25) is 4.99 Å². The number of hydrogen-bond donors (Lipinski definition) is 0. The Kier molecular flexibility index (Phi) is 8.11. The minimum atomic E-state index is 0.865. The van der Waals surface area contributed by atoms with Crippen LogP contribution in [0.4, 0.5) is 17.1 Å². The lowest BCUT2D eigenvalue weighted by Crippen LogP contribution is -2.27. The van der Waals surface area contributed by atoms with Crippen molar-refractivity contribution in [2.45, 2.75) is 47.6 Å². The van der Waals surface area contributed by atoms with E-state index in [0.717, 1.165) is 35.7 Å². The third-order valence-corrected chi connectivity index (χ3v) is 5.73. The molecule has 1 heterocycles. The van der Waals surface area contributed by atoms with Gasteiger partial charge in [0.2, 0.25) is 0 Å². The molecule has 0 aliphatic carbocycles. The number of hydrogen-bond acceptors (Lipinski definition) is 3. The molecule has 0 aromatic heterocycles. The van der Waals surface area contributed by atoms with E-state index < -0.39 is 0 Å². The minimum absolute atomic E-state index is 0.865. The van der Waals surface area contributed by atoms with Crippen LogP contribution < -0.4 is 9.80 Å². The van der Waals surface area contributed by atoms with Gasteiger partial charge in [0.25, 0.3) is 0 Å². The molecule has 0 amide bonds. The highest BCUT2D eigenvalue weighted by Crippen LogP contribution is 2.42. The SMILES string of the molecule is C=C(C)c1cc2c(cc1N=C(C)c1ccccc1C)N(Cc1ccccc1)CN2C.CCC. The van der Waals surface area contributed by atoms with Crippen molar-refractivity contribution in [2.75, 3.05) is 23.5 Å². The van der Waals surface area contributed by atoms with Gasteiger partial charge in [-0.05, 0) is 55.2 Å². The van der Waals surface area contributed by atoms with Crippen molar-refractivity contribution in [3.63, 3.8) is 0 Å². The van der Waals surface area contributed by atoms with Crippen LogP contribution >= 0.6 is 0 Å². The minimum Gasteiger partial charge on any atom is -0.355 e. The molecule has 3 aromatic carbocycles. The second kappa shape index (κ2) is 11.0. The van der Waals surface area contributed by atoms with Gasteiger partial charge in [-0.25, -0.2) is 0 Å². The number of anilines is 2. The van der Waals surface area contributed by atoms with Crippen LogP contribution in [-0.2, 0) is 6.54 Å². The Morgan fingerprint density at radius 1 is 0.909 bits per heavy atom. The molecule has 1 aliphatic rings. The third kappa shape index (κ3) is 5.73. The molecule has 0 bridgehead atoms. The lowest BCUT2D eigenvalue weighted by Gasteiger charge is -2.20. The highest BCUT2D eigenvalue weighted by Gasteiger charge is 2.25. The van der Waals surface area contributed by atoms with Crippen LogP contribution in [0.1, 0.15) is 56.4 Å². The molecular formula is C30H37N3. The monoisotopic (exact) mass is 439 g/mol. The summed E-state index contributed by atoms with van der Waals surface area (Å²) in [5, 5.41) is 0. The van der Waals surface area contributed by atoms with Crippen LogP contribution in [-0.4, -0.2) is 19.4 Å². The molecule has 3 aromatic rings. The van der Waals surface area contributed by atoms with Crippen LogP contribution in [0.3, 0.4) is 0 Å². The molecule has 3 heteroatoms. The summed E-state index contributed by atoms with van der Waals surface area (Å²) in [4.78, 5) is 9.78. The lowest BCUT2D eigenvalue weighted by atomic mass is 10.0. The Labute approximate surface area is 200 Å². The number of aryl methyl sites for hydroxylation is 1. The van der Waals surface area contributed by atoms with Crippen molar-refractivity contribution >= 4 is 28.3 Å². The number of fused-ring (bicyclic) bond motifs is 1. The van der Waals surface area contributed by atoms with Crippen molar-refractivity contribution in [1.82, 2.24) is 0 Å². The Balaban J connectivity index is 0.000000968. The highest BCUT2D eigenvalue weighted by molar-refractivity contribution is 6.02.